The van der Waals surface area contributed by atoms with E-state index in [9.17, 15) is 13.2 Å². The molecule has 0 spiro atoms. The molecular formula is C17H16N2O4S2. The number of anilines is 1. The third-order valence-corrected chi connectivity index (χ3v) is 5.52. The summed E-state index contributed by atoms with van der Waals surface area (Å²) in [5.74, 6) is 0.131. The van der Waals surface area contributed by atoms with E-state index in [1.807, 2.05) is 25.1 Å². The zero-order valence-corrected chi connectivity index (χ0v) is 15.3. The third kappa shape index (κ3) is 3.64. The van der Waals surface area contributed by atoms with Crippen LogP contribution in [0.25, 0.3) is 10.2 Å². The Bertz CT molecular complexity index is 1040. The van der Waals surface area contributed by atoms with Gasteiger partial charge in [-0.1, -0.05) is 29.5 Å². The highest BCUT2D eigenvalue weighted by molar-refractivity contribution is 7.90. The molecule has 130 valence electrons. The van der Waals surface area contributed by atoms with Crippen molar-refractivity contribution in [2.45, 2.75) is 11.8 Å². The molecule has 1 N–H and O–H groups in total. The largest absolute Gasteiger partial charge is 0.492 e. The van der Waals surface area contributed by atoms with Gasteiger partial charge in [-0.25, -0.2) is 13.4 Å². The van der Waals surface area contributed by atoms with Gasteiger partial charge in [0.2, 0.25) is 0 Å². The number of para-hydroxylation sites is 1. The minimum Gasteiger partial charge on any atom is -0.492 e. The summed E-state index contributed by atoms with van der Waals surface area (Å²) in [6, 6.07) is 11.6. The maximum Gasteiger partial charge on any atom is 0.258 e. The zero-order chi connectivity index (χ0) is 18.0. The first-order valence-electron chi connectivity index (χ1n) is 7.53. The van der Waals surface area contributed by atoms with Crippen molar-refractivity contribution in [1.82, 2.24) is 4.98 Å². The molecular weight excluding hydrogens is 360 g/mol. The molecule has 0 saturated heterocycles. The molecule has 0 unspecified atom stereocenters. The lowest BCUT2D eigenvalue weighted by Gasteiger charge is -2.06. The number of sulfone groups is 1. The standard InChI is InChI=1S/C17H16N2O4S2/c1-3-23-12-8-6-9-13-15(12)18-17(24-13)19-16(20)11-7-4-5-10-14(11)25(2,21)22/h4-10H,3H2,1-2H3,(H,18,19,20). The van der Waals surface area contributed by atoms with Crippen LogP contribution in [0.1, 0.15) is 17.3 Å². The Kier molecular flexibility index (Phi) is 4.73. The van der Waals surface area contributed by atoms with E-state index in [1.54, 1.807) is 12.1 Å². The number of hydrogen-bond acceptors (Lipinski definition) is 6. The molecule has 0 radical (unpaired) electrons. The molecule has 3 rings (SSSR count). The minimum absolute atomic E-state index is 0.0105. The van der Waals surface area contributed by atoms with Crippen LogP contribution < -0.4 is 10.1 Å². The quantitative estimate of drug-likeness (QED) is 0.738. The lowest BCUT2D eigenvalue weighted by molar-refractivity contribution is 0.102. The van der Waals surface area contributed by atoms with Gasteiger partial charge in [0.25, 0.3) is 5.91 Å². The van der Waals surface area contributed by atoms with Gasteiger partial charge in [0.05, 0.1) is 21.8 Å². The number of fused-ring (bicyclic) bond motifs is 1. The van der Waals surface area contributed by atoms with E-state index in [0.29, 0.717) is 23.0 Å². The average molecular weight is 376 g/mol. The summed E-state index contributed by atoms with van der Waals surface area (Å²) in [6.07, 6.45) is 1.07. The Balaban J connectivity index is 1.95. The Morgan fingerprint density at radius 2 is 1.96 bits per heavy atom. The van der Waals surface area contributed by atoms with Crippen LogP contribution in [0.3, 0.4) is 0 Å². The van der Waals surface area contributed by atoms with Crippen LogP contribution in [-0.2, 0) is 9.84 Å². The molecule has 1 amide bonds. The number of benzene rings is 2. The van der Waals surface area contributed by atoms with E-state index in [0.717, 1.165) is 11.0 Å². The van der Waals surface area contributed by atoms with Crippen molar-refractivity contribution in [3.8, 4) is 5.75 Å². The Hall–Kier alpha value is -2.45. The molecule has 25 heavy (non-hydrogen) atoms. The number of rotatable bonds is 5. The van der Waals surface area contributed by atoms with E-state index < -0.39 is 15.7 Å². The average Bonchev–Trinajstić information content (AvgIpc) is 2.98. The van der Waals surface area contributed by atoms with E-state index in [2.05, 4.69) is 10.3 Å². The number of thiazole rings is 1. The number of amides is 1. The number of nitrogens with zero attached hydrogens (tertiary/aromatic N) is 1. The van der Waals surface area contributed by atoms with Crippen molar-refractivity contribution in [2.75, 3.05) is 18.2 Å². The van der Waals surface area contributed by atoms with E-state index in [-0.39, 0.29) is 10.5 Å². The molecule has 0 fully saturated rings. The Morgan fingerprint density at radius 3 is 2.68 bits per heavy atom. The van der Waals surface area contributed by atoms with E-state index >= 15 is 0 Å². The van der Waals surface area contributed by atoms with Crippen LogP contribution >= 0.6 is 11.3 Å². The number of hydrogen-bond donors (Lipinski definition) is 1. The Labute approximate surface area is 149 Å². The molecule has 0 atom stereocenters. The molecule has 2 aromatic carbocycles. The van der Waals surface area contributed by atoms with Gasteiger partial charge < -0.3 is 4.74 Å². The lowest BCUT2D eigenvalue weighted by Crippen LogP contribution is -2.15. The SMILES string of the molecule is CCOc1cccc2sc(NC(=O)c3ccccc3S(C)(=O)=O)nc12. The first-order valence-corrected chi connectivity index (χ1v) is 10.2. The molecule has 6 nitrogen and oxygen atoms in total. The fraction of sp³-hybridized carbons (Fsp3) is 0.176. The molecule has 8 heteroatoms. The molecule has 0 aliphatic rings. The molecule has 0 aliphatic carbocycles. The molecule has 1 heterocycles. The van der Waals surface area contributed by atoms with Gasteiger partial charge >= 0.3 is 0 Å². The molecule has 0 aliphatic heterocycles. The van der Waals surface area contributed by atoms with Gasteiger partial charge in [0.1, 0.15) is 11.3 Å². The minimum atomic E-state index is -3.51. The monoisotopic (exact) mass is 376 g/mol. The first kappa shape index (κ1) is 17.4. The van der Waals surface area contributed by atoms with Crippen molar-refractivity contribution in [3.05, 3.63) is 48.0 Å². The van der Waals surface area contributed by atoms with Crippen molar-refractivity contribution in [3.63, 3.8) is 0 Å². The van der Waals surface area contributed by atoms with E-state index in [4.69, 9.17) is 4.74 Å². The van der Waals surface area contributed by atoms with E-state index in [1.165, 1.54) is 23.5 Å². The normalized spacial score (nSPS) is 11.4. The first-order chi connectivity index (χ1) is 11.9. The highest BCUT2D eigenvalue weighted by Crippen LogP contribution is 2.32. The summed E-state index contributed by atoms with van der Waals surface area (Å²) in [5.41, 5.74) is 0.760. The Morgan fingerprint density at radius 1 is 1.20 bits per heavy atom. The van der Waals surface area contributed by atoms with Gasteiger partial charge in [-0.15, -0.1) is 0 Å². The van der Waals surface area contributed by atoms with Crippen LogP contribution in [0, 0.1) is 0 Å². The predicted molar refractivity (Wildman–Crippen MR) is 98.3 cm³/mol. The summed E-state index contributed by atoms with van der Waals surface area (Å²) in [7, 11) is -3.51. The second-order valence-electron chi connectivity index (χ2n) is 5.28. The van der Waals surface area contributed by atoms with Crippen LogP contribution in [-0.4, -0.2) is 32.2 Å². The second kappa shape index (κ2) is 6.81. The third-order valence-electron chi connectivity index (χ3n) is 3.43. The summed E-state index contributed by atoms with van der Waals surface area (Å²) in [6.45, 7) is 2.40. The number of nitrogens with one attached hydrogen (secondary N) is 1. The zero-order valence-electron chi connectivity index (χ0n) is 13.6. The van der Waals surface area contributed by atoms with Crippen LogP contribution in [0.2, 0.25) is 0 Å². The smallest absolute Gasteiger partial charge is 0.258 e. The maximum atomic E-state index is 12.5. The summed E-state index contributed by atoms with van der Waals surface area (Å²) >= 11 is 1.30. The maximum absolute atomic E-state index is 12.5. The number of carbonyl (C=O) groups is 1. The van der Waals surface area contributed by atoms with Crippen molar-refractivity contribution < 1.29 is 17.9 Å². The van der Waals surface area contributed by atoms with Crippen molar-refractivity contribution >= 4 is 42.4 Å². The number of aromatic nitrogens is 1. The van der Waals surface area contributed by atoms with Gasteiger partial charge in [0.15, 0.2) is 15.0 Å². The molecule has 3 aromatic rings. The van der Waals surface area contributed by atoms with Crippen LogP contribution in [0.5, 0.6) is 5.75 Å². The van der Waals surface area contributed by atoms with Crippen molar-refractivity contribution in [1.29, 1.82) is 0 Å². The fourth-order valence-corrected chi connectivity index (χ4v) is 4.16. The summed E-state index contributed by atoms with van der Waals surface area (Å²) < 4.78 is 30.1. The predicted octanol–water partition coefficient (Wildman–Crippen LogP) is 3.35. The fourth-order valence-electron chi connectivity index (χ4n) is 2.39. The highest BCUT2D eigenvalue weighted by atomic mass is 32.2. The number of ether oxygens (including phenoxy) is 1. The van der Waals surface area contributed by atoms with Gasteiger partial charge in [-0.2, -0.15) is 0 Å². The topological polar surface area (TPSA) is 85.4 Å². The van der Waals surface area contributed by atoms with Crippen molar-refractivity contribution in [2.24, 2.45) is 0 Å². The molecule has 1 aromatic heterocycles. The second-order valence-corrected chi connectivity index (χ2v) is 8.29. The van der Waals surface area contributed by atoms with Gasteiger partial charge in [-0.3, -0.25) is 10.1 Å². The van der Waals surface area contributed by atoms with Gasteiger partial charge in [-0.05, 0) is 31.2 Å². The summed E-state index contributed by atoms with van der Waals surface area (Å²) in [4.78, 5) is 16.9. The molecule has 0 bridgehead atoms. The molecule has 0 saturated carbocycles. The van der Waals surface area contributed by atoms with Crippen LogP contribution in [0.15, 0.2) is 47.4 Å². The van der Waals surface area contributed by atoms with Crippen LogP contribution in [0.4, 0.5) is 5.13 Å². The lowest BCUT2D eigenvalue weighted by atomic mass is 10.2. The highest BCUT2D eigenvalue weighted by Gasteiger charge is 2.19. The number of carbonyl (C=O) groups excluding carboxylic acids is 1. The van der Waals surface area contributed by atoms with Gasteiger partial charge in [0, 0.05) is 6.26 Å². The summed E-state index contributed by atoms with van der Waals surface area (Å²) in [5, 5.41) is 3.06.